The maximum absolute atomic E-state index is 8.92. The monoisotopic (exact) mass is 121 g/mol. The van der Waals surface area contributed by atoms with E-state index in [0.717, 1.165) is 0 Å². The molecule has 44 valence electrons. The fraction of sp³-hybridized carbons (Fsp3) is 1.00. The van der Waals surface area contributed by atoms with E-state index in [4.69, 9.17) is 4.80 Å². The minimum atomic E-state index is -2.13. The molecule has 0 atom stereocenters. The molecular formula is C3H11NO2Si. The Kier molecular flexibility index (Phi) is 2.45. The molecule has 0 radical (unpaired) electrons. The fourth-order valence-electron chi connectivity index (χ4n) is 0.250. The Morgan fingerprint density at radius 2 is 2.00 bits per heavy atom. The Balaban J connectivity index is 3.15. The van der Waals surface area contributed by atoms with Crippen LogP contribution in [0.3, 0.4) is 0 Å². The van der Waals surface area contributed by atoms with Gasteiger partial charge in [-0.25, -0.2) is 0 Å². The molecule has 0 saturated heterocycles. The third-order valence-electron chi connectivity index (χ3n) is 0.352. The molecule has 0 fully saturated rings. The molecule has 0 heterocycles. The zero-order chi connectivity index (χ0) is 5.91. The smallest absolute Gasteiger partial charge is 0.283 e. The van der Waals surface area contributed by atoms with Gasteiger partial charge >= 0.3 is 0 Å². The highest BCUT2D eigenvalue weighted by molar-refractivity contribution is 6.66. The normalized spacial score (nSPS) is 12.0. The summed E-state index contributed by atoms with van der Waals surface area (Å²) < 4.78 is 0. The van der Waals surface area contributed by atoms with E-state index >= 15 is 0 Å². The molecule has 0 bridgehead atoms. The van der Waals surface area contributed by atoms with Crippen molar-refractivity contribution in [2.24, 2.45) is 0 Å². The van der Waals surface area contributed by atoms with Gasteiger partial charge in [-0.1, -0.05) is 0 Å². The van der Waals surface area contributed by atoms with Crippen LogP contribution in [0.15, 0.2) is 0 Å². The van der Waals surface area contributed by atoms with E-state index < -0.39 is 8.48 Å². The molecule has 0 aromatic carbocycles. The minimum absolute atomic E-state index is 1.49. The van der Waals surface area contributed by atoms with Crippen LogP contribution in [-0.2, 0) is 4.84 Å². The second-order valence-electron chi connectivity index (χ2n) is 1.87. The molecule has 4 heteroatoms. The highest BCUT2D eigenvalue weighted by Crippen LogP contribution is 1.85. The van der Waals surface area contributed by atoms with E-state index in [1.807, 2.05) is 0 Å². The first-order chi connectivity index (χ1) is 3.06. The number of hydrogen-bond donors (Lipinski definition) is 2. The Morgan fingerprint density at radius 1 is 1.57 bits per heavy atom. The number of nitrogens with one attached hydrogen (secondary N) is 1. The van der Waals surface area contributed by atoms with E-state index in [1.54, 1.807) is 13.1 Å². The first-order valence-corrected chi connectivity index (χ1v) is 5.03. The summed E-state index contributed by atoms with van der Waals surface area (Å²) in [5, 5.41) is 2.48. The average molecular weight is 121 g/mol. The van der Waals surface area contributed by atoms with Crippen LogP contribution in [0.5, 0.6) is 0 Å². The Bertz CT molecular complexity index is 51.4. The summed E-state index contributed by atoms with van der Waals surface area (Å²) in [6.45, 7) is 3.47. The van der Waals surface area contributed by atoms with Crippen molar-refractivity contribution in [2.75, 3.05) is 7.11 Å². The van der Waals surface area contributed by atoms with Crippen molar-refractivity contribution in [3.63, 3.8) is 0 Å². The molecule has 0 aliphatic carbocycles. The molecule has 7 heavy (non-hydrogen) atoms. The van der Waals surface area contributed by atoms with Crippen LogP contribution in [0.4, 0.5) is 0 Å². The van der Waals surface area contributed by atoms with Crippen LogP contribution in [0.1, 0.15) is 0 Å². The minimum Gasteiger partial charge on any atom is -0.418 e. The van der Waals surface area contributed by atoms with E-state index in [0.29, 0.717) is 0 Å². The van der Waals surface area contributed by atoms with E-state index in [9.17, 15) is 0 Å². The second-order valence-corrected chi connectivity index (χ2v) is 5.19. The summed E-state index contributed by atoms with van der Waals surface area (Å²) >= 11 is 0. The SMILES string of the molecule is CON[Si](C)(C)O. The van der Waals surface area contributed by atoms with Gasteiger partial charge < -0.3 is 9.63 Å². The van der Waals surface area contributed by atoms with Gasteiger partial charge in [0.2, 0.25) is 0 Å². The molecule has 0 saturated carbocycles. The van der Waals surface area contributed by atoms with Crippen LogP contribution in [0.25, 0.3) is 0 Å². The lowest BCUT2D eigenvalue weighted by molar-refractivity contribution is 0.132. The summed E-state index contributed by atoms with van der Waals surface area (Å²) in [6.07, 6.45) is 0. The average Bonchev–Trinajstić information content (AvgIpc) is 1.30. The van der Waals surface area contributed by atoms with Gasteiger partial charge in [-0.2, -0.15) is 5.15 Å². The second kappa shape index (κ2) is 2.42. The van der Waals surface area contributed by atoms with Gasteiger partial charge in [-0.3, -0.25) is 0 Å². The van der Waals surface area contributed by atoms with Crippen molar-refractivity contribution in [1.29, 1.82) is 0 Å². The Hall–Kier alpha value is 0.0969. The molecule has 0 amide bonds. The van der Waals surface area contributed by atoms with E-state index in [1.165, 1.54) is 7.11 Å². The lowest BCUT2D eigenvalue weighted by Crippen LogP contribution is -2.43. The molecule has 0 aliphatic rings. The first kappa shape index (κ1) is 7.10. The largest absolute Gasteiger partial charge is 0.418 e. The molecule has 2 N–H and O–H groups in total. The Labute approximate surface area is 44.5 Å². The molecular weight excluding hydrogens is 110 g/mol. The quantitative estimate of drug-likeness (QED) is 0.394. The van der Waals surface area contributed by atoms with Gasteiger partial charge in [-0.05, 0) is 13.1 Å². The van der Waals surface area contributed by atoms with Crippen LogP contribution < -0.4 is 5.15 Å². The molecule has 0 unspecified atom stereocenters. The summed E-state index contributed by atoms with van der Waals surface area (Å²) in [7, 11) is -0.638. The first-order valence-electron chi connectivity index (χ1n) is 2.09. The van der Waals surface area contributed by atoms with Gasteiger partial charge in [0.25, 0.3) is 8.48 Å². The predicted octanol–water partition coefficient (Wildman–Crippen LogP) is -0.169. The highest BCUT2D eigenvalue weighted by atomic mass is 28.4. The number of rotatable bonds is 2. The van der Waals surface area contributed by atoms with Gasteiger partial charge in [0.05, 0.1) is 7.11 Å². The van der Waals surface area contributed by atoms with Crippen molar-refractivity contribution in [3.05, 3.63) is 0 Å². The molecule has 0 rings (SSSR count). The van der Waals surface area contributed by atoms with Crippen molar-refractivity contribution >= 4 is 8.48 Å². The van der Waals surface area contributed by atoms with Gasteiger partial charge in [0.1, 0.15) is 0 Å². The fourth-order valence-corrected chi connectivity index (χ4v) is 0.749. The van der Waals surface area contributed by atoms with Crippen molar-refractivity contribution < 1.29 is 9.63 Å². The van der Waals surface area contributed by atoms with Crippen molar-refractivity contribution in [3.8, 4) is 0 Å². The third kappa shape index (κ3) is 6.10. The zero-order valence-corrected chi connectivity index (χ0v) is 5.86. The number of hydrogen-bond acceptors (Lipinski definition) is 3. The predicted molar refractivity (Wildman–Crippen MR) is 29.8 cm³/mol. The lowest BCUT2D eigenvalue weighted by atomic mass is 11.7. The molecule has 3 nitrogen and oxygen atoms in total. The zero-order valence-electron chi connectivity index (χ0n) is 4.86. The van der Waals surface area contributed by atoms with Crippen LogP contribution in [0, 0.1) is 0 Å². The van der Waals surface area contributed by atoms with Gasteiger partial charge in [0, 0.05) is 0 Å². The maximum Gasteiger partial charge on any atom is 0.283 e. The van der Waals surface area contributed by atoms with Crippen molar-refractivity contribution in [2.45, 2.75) is 13.1 Å². The molecule has 0 aliphatic heterocycles. The van der Waals surface area contributed by atoms with Crippen LogP contribution in [0.2, 0.25) is 13.1 Å². The Morgan fingerprint density at radius 3 is 2.00 bits per heavy atom. The summed E-state index contributed by atoms with van der Waals surface area (Å²) in [6, 6.07) is 0. The molecule has 0 aromatic heterocycles. The van der Waals surface area contributed by atoms with Gasteiger partial charge in [0.15, 0.2) is 0 Å². The molecule has 0 aromatic rings. The highest BCUT2D eigenvalue weighted by Gasteiger charge is 2.14. The van der Waals surface area contributed by atoms with E-state index in [-0.39, 0.29) is 0 Å². The summed E-state index contributed by atoms with van der Waals surface area (Å²) in [5.41, 5.74) is 0. The lowest BCUT2D eigenvalue weighted by Gasteiger charge is -2.11. The summed E-state index contributed by atoms with van der Waals surface area (Å²) in [4.78, 5) is 13.4. The maximum atomic E-state index is 8.92. The van der Waals surface area contributed by atoms with Crippen LogP contribution in [-0.4, -0.2) is 20.4 Å². The topological polar surface area (TPSA) is 41.5 Å². The van der Waals surface area contributed by atoms with Crippen LogP contribution >= 0.6 is 0 Å². The van der Waals surface area contributed by atoms with Crippen molar-refractivity contribution in [1.82, 2.24) is 5.15 Å². The van der Waals surface area contributed by atoms with E-state index in [2.05, 4.69) is 9.98 Å². The van der Waals surface area contributed by atoms with Gasteiger partial charge in [-0.15, -0.1) is 0 Å². The summed E-state index contributed by atoms with van der Waals surface area (Å²) in [5.74, 6) is 0. The third-order valence-corrected chi connectivity index (χ3v) is 1.06. The standard InChI is InChI=1S/C3H11NO2Si/c1-6-4-7(2,3)5/h4-5H,1-3H3. The molecule has 0 spiro atoms.